The van der Waals surface area contributed by atoms with E-state index in [0.717, 1.165) is 33.9 Å². The Morgan fingerprint density at radius 3 is 2.58 bits per heavy atom. The van der Waals surface area contributed by atoms with E-state index < -0.39 is 0 Å². The van der Waals surface area contributed by atoms with Gasteiger partial charge in [-0.3, -0.25) is 10.1 Å². The van der Waals surface area contributed by atoms with Gasteiger partial charge in [-0.15, -0.1) is 0 Å². The normalized spacial score (nSPS) is 11.3. The lowest BCUT2D eigenvalue weighted by Gasteiger charge is -2.03. The van der Waals surface area contributed by atoms with Crippen molar-refractivity contribution < 1.29 is 4.92 Å². The standard InChI is InChI=1S/C15H14N2O2/c1-3-16-13-7-5-4-6-11(13)15-10(2)12(17(18)19)8-9-14(15)16/h4-9H,3H2,1-2H3. The van der Waals surface area contributed by atoms with Crippen molar-refractivity contribution >= 4 is 27.5 Å². The number of benzene rings is 2. The Balaban J connectivity index is 2.56. The molecule has 1 aromatic heterocycles. The van der Waals surface area contributed by atoms with E-state index in [9.17, 15) is 10.1 Å². The van der Waals surface area contributed by atoms with Crippen molar-refractivity contribution in [1.29, 1.82) is 0 Å². The van der Waals surface area contributed by atoms with E-state index in [4.69, 9.17) is 0 Å². The Morgan fingerprint density at radius 1 is 1.16 bits per heavy atom. The van der Waals surface area contributed by atoms with Crippen molar-refractivity contribution in [2.75, 3.05) is 0 Å². The topological polar surface area (TPSA) is 48.1 Å². The summed E-state index contributed by atoms with van der Waals surface area (Å²) in [6.07, 6.45) is 0. The fourth-order valence-corrected chi connectivity index (χ4v) is 2.84. The zero-order valence-corrected chi connectivity index (χ0v) is 10.9. The third kappa shape index (κ3) is 1.53. The van der Waals surface area contributed by atoms with Gasteiger partial charge in [0.2, 0.25) is 0 Å². The Kier molecular flexibility index (Phi) is 2.52. The van der Waals surface area contributed by atoms with Gasteiger partial charge in [0.05, 0.1) is 4.92 Å². The predicted molar refractivity (Wildman–Crippen MR) is 76.5 cm³/mol. The van der Waals surface area contributed by atoms with Gasteiger partial charge >= 0.3 is 0 Å². The number of aryl methyl sites for hydroxylation is 2. The summed E-state index contributed by atoms with van der Waals surface area (Å²) in [6, 6.07) is 11.5. The smallest absolute Gasteiger partial charge is 0.273 e. The molecule has 0 amide bonds. The molecule has 96 valence electrons. The lowest BCUT2D eigenvalue weighted by Crippen LogP contribution is -1.95. The summed E-state index contributed by atoms with van der Waals surface area (Å²) >= 11 is 0. The molecule has 0 radical (unpaired) electrons. The van der Waals surface area contributed by atoms with Crippen LogP contribution in [0.5, 0.6) is 0 Å². The van der Waals surface area contributed by atoms with Crippen LogP contribution in [0.4, 0.5) is 5.69 Å². The molecule has 19 heavy (non-hydrogen) atoms. The van der Waals surface area contributed by atoms with Crippen LogP contribution in [-0.4, -0.2) is 9.49 Å². The van der Waals surface area contributed by atoms with E-state index in [1.54, 1.807) is 6.07 Å². The molecule has 0 fully saturated rings. The third-order valence-corrected chi connectivity index (χ3v) is 3.68. The Hall–Kier alpha value is -2.36. The van der Waals surface area contributed by atoms with Crippen molar-refractivity contribution in [3.05, 3.63) is 52.1 Å². The number of nitro benzene ring substituents is 1. The summed E-state index contributed by atoms with van der Waals surface area (Å²) in [5, 5.41) is 13.2. The number of aromatic nitrogens is 1. The summed E-state index contributed by atoms with van der Waals surface area (Å²) < 4.78 is 2.20. The predicted octanol–water partition coefficient (Wildman–Crippen LogP) is 4.03. The van der Waals surface area contributed by atoms with Crippen LogP contribution in [-0.2, 0) is 6.54 Å². The molecule has 0 N–H and O–H groups in total. The van der Waals surface area contributed by atoms with Gasteiger partial charge in [0.25, 0.3) is 5.69 Å². The molecule has 2 aromatic carbocycles. The molecule has 0 bridgehead atoms. The van der Waals surface area contributed by atoms with Crippen molar-refractivity contribution in [2.45, 2.75) is 20.4 Å². The van der Waals surface area contributed by atoms with Crippen LogP contribution in [0.2, 0.25) is 0 Å². The van der Waals surface area contributed by atoms with Gasteiger partial charge in [-0.05, 0) is 26.0 Å². The number of nitrogens with zero attached hydrogens (tertiary/aromatic N) is 2. The zero-order valence-electron chi connectivity index (χ0n) is 10.9. The lowest BCUT2D eigenvalue weighted by molar-refractivity contribution is -0.385. The van der Waals surface area contributed by atoms with Gasteiger partial charge in [0.15, 0.2) is 0 Å². The summed E-state index contributed by atoms with van der Waals surface area (Å²) in [5.74, 6) is 0. The largest absolute Gasteiger partial charge is 0.341 e. The van der Waals surface area contributed by atoms with Crippen LogP contribution in [0.15, 0.2) is 36.4 Å². The van der Waals surface area contributed by atoms with Gasteiger partial charge in [-0.25, -0.2) is 0 Å². The molecule has 1 heterocycles. The second kappa shape index (κ2) is 4.09. The average molecular weight is 254 g/mol. The quantitative estimate of drug-likeness (QED) is 0.512. The molecule has 0 aliphatic rings. The van der Waals surface area contributed by atoms with E-state index in [-0.39, 0.29) is 10.6 Å². The van der Waals surface area contributed by atoms with E-state index >= 15 is 0 Å². The highest BCUT2D eigenvalue weighted by atomic mass is 16.6. The molecule has 0 unspecified atom stereocenters. The van der Waals surface area contributed by atoms with E-state index in [1.807, 2.05) is 31.2 Å². The number of hydrogen-bond donors (Lipinski definition) is 0. The highest BCUT2D eigenvalue weighted by molar-refractivity contribution is 6.10. The van der Waals surface area contributed by atoms with Crippen molar-refractivity contribution in [3.63, 3.8) is 0 Å². The molecule has 0 spiro atoms. The molecular weight excluding hydrogens is 240 g/mol. The van der Waals surface area contributed by atoms with E-state index in [1.165, 1.54) is 0 Å². The second-order valence-corrected chi connectivity index (χ2v) is 4.62. The Bertz CT molecular complexity index is 803. The van der Waals surface area contributed by atoms with Crippen LogP contribution in [0.25, 0.3) is 21.8 Å². The lowest BCUT2D eigenvalue weighted by atomic mass is 10.1. The zero-order chi connectivity index (χ0) is 13.6. The van der Waals surface area contributed by atoms with Crippen LogP contribution >= 0.6 is 0 Å². The molecule has 4 heteroatoms. The van der Waals surface area contributed by atoms with Crippen LogP contribution in [0, 0.1) is 17.0 Å². The van der Waals surface area contributed by atoms with Crippen LogP contribution < -0.4 is 0 Å². The van der Waals surface area contributed by atoms with Crippen molar-refractivity contribution in [1.82, 2.24) is 4.57 Å². The third-order valence-electron chi connectivity index (χ3n) is 3.68. The van der Waals surface area contributed by atoms with Gasteiger partial charge in [-0.2, -0.15) is 0 Å². The van der Waals surface area contributed by atoms with E-state index in [2.05, 4.69) is 17.6 Å². The fourth-order valence-electron chi connectivity index (χ4n) is 2.84. The van der Waals surface area contributed by atoms with Gasteiger partial charge in [-0.1, -0.05) is 18.2 Å². The number of para-hydroxylation sites is 1. The van der Waals surface area contributed by atoms with Gasteiger partial charge in [0, 0.05) is 40.0 Å². The Labute approximate surface area is 110 Å². The van der Waals surface area contributed by atoms with Crippen molar-refractivity contribution in [3.8, 4) is 0 Å². The summed E-state index contributed by atoms with van der Waals surface area (Å²) in [6.45, 7) is 4.76. The number of rotatable bonds is 2. The number of hydrogen-bond acceptors (Lipinski definition) is 2. The monoisotopic (exact) mass is 254 g/mol. The second-order valence-electron chi connectivity index (χ2n) is 4.62. The first-order valence-corrected chi connectivity index (χ1v) is 6.30. The minimum atomic E-state index is -0.313. The first-order chi connectivity index (χ1) is 9.15. The number of fused-ring (bicyclic) bond motifs is 3. The minimum Gasteiger partial charge on any atom is -0.341 e. The molecule has 3 rings (SSSR count). The maximum Gasteiger partial charge on any atom is 0.273 e. The summed E-state index contributed by atoms with van der Waals surface area (Å²) in [7, 11) is 0. The fraction of sp³-hybridized carbons (Fsp3) is 0.200. The summed E-state index contributed by atoms with van der Waals surface area (Å²) in [5.41, 5.74) is 3.12. The first kappa shape index (κ1) is 11.7. The van der Waals surface area contributed by atoms with E-state index in [0.29, 0.717) is 0 Å². The first-order valence-electron chi connectivity index (χ1n) is 6.30. The summed E-state index contributed by atoms with van der Waals surface area (Å²) in [4.78, 5) is 10.8. The Morgan fingerprint density at radius 2 is 1.89 bits per heavy atom. The number of nitro groups is 1. The van der Waals surface area contributed by atoms with Gasteiger partial charge < -0.3 is 4.57 Å². The van der Waals surface area contributed by atoms with Crippen molar-refractivity contribution in [2.24, 2.45) is 0 Å². The van der Waals surface area contributed by atoms with Gasteiger partial charge in [0.1, 0.15) is 0 Å². The molecule has 0 saturated heterocycles. The highest BCUT2D eigenvalue weighted by Crippen LogP contribution is 2.35. The van der Waals surface area contributed by atoms with Crippen LogP contribution in [0.3, 0.4) is 0 Å². The SMILES string of the molecule is CCn1c2ccccc2c2c(C)c([N+](=O)[O-])ccc21. The molecule has 0 saturated carbocycles. The molecule has 3 aromatic rings. The van der Waals surface area contributed by atoms with Crippen LogP contribution in [0.1, 0.15) is 12.5 Å². The maximum atomic E-state index is 11.1. The molecule has 4 nitrogen and oxygen atoms in total. The minimum absolute atomic E-state index is 0.187. The molecule has 0 aliphatic carbocycles. The molecule has 0 atom stereocenters. The maximum absolute atomic E-state index is 11.1. The molecular formula is C15H14N2O2. The average Bonchev–Trinajstić information content (AvgIpc) is 2.73. The highest BCUT2D eigenvalue weighted by Gasteiger charge is 2.18. The molecule has 0 aliphatic heterocycles.